The maximum absolute atomic E-state index is 12.6. The standard InChI is InChI=1S/C6H2F12O3S/c7-2(8,9)1-20-22(19)21-6(17,18)4(12,13)3(10,11)5(14,15)16/h1H2. The zero-order valence-electron chi connectivity index (χ0n) is 9.38. The monoisotopic (exact) mass is 382 g/mol. The lowest BCUT2D eigenvalue weighted by atomic mass is 10.1. The van der Waals surface area contributed by atoms with E-state index in [9.17, 15) is 56.9 Å². The van der Waals surface area contributed by atoms with Gasteiger partial charge in [0.25, 0.3) is 0 Å². The largest absolute Gasteiger partial charge is 0.460 e. The van der Waals surface area contributed by atoms with Gasteiger partial charge in [-0.2, -0.15) is 61.1 Å². The molecule has 0 fully saturated rings. The molecule has 0 N–H and O–H groups in total. The molecule has 0 spiro atoms. The minimum Gasteiger partial charge on any atom is -0.259 e. The lowest BCUT2D eigenvalue weighted by Crippen LogP contribution is -2.61. The molecule has 1 atom stereocenters. The van der Waals surface area contributed by atoms with Gasteiger partial charge in [0, 0.05) is 0 Å². The van der Waals surface area contributed by atoms with E-state index < -0.39 is 48.3 Å². The van der Waals surface area contributed by atoms with Crippen LogP contribution in [0.2, 0.25) is 0 Å². The molecular formula is C6H2F12O3S. The molecule has 1 unspecified atom stereocenters. The summed E-state index contributed by atoms with van der Waals surface area (Å²) in [4.78, 5) is 0. The van der Waals surface area contributed by atoms with Crippen LogP contribution in [0.15, 0.2) is 0 Å². The fraction of sp³-hybridized carbons (Fsp3) is 1.00. The molecular weight excluding hydrogens is 380 g/mol. The van der Waals surface area contributed by atoms with Crippen LogP contribution in [-0.4, -0.2) is 41.1 Å². The van der Waals surface area contributed by atoms with Crippen molar-refractivity contribution in [3.63, 3.8) is 0 Å². The van der Waals surface area contributed by atoms with Gasteiger partial charge in [-0.05, 0) is 0 Å². The number of hydrogen-bond acceptors (Lipinski definition) is 3. The molecule has 0 saturated heterocycles. The van der Waals surface area contributed by atoms with E-state index in [-0.39, 0.29) is 0 Å². The first-order chi connectivity index (χ1) is 9.35. The highest BCUT2D eigenvalue weighted by molar-refractivity contribution is 7.75. The molecule has 0 aliphatic rings. The second-order valence-corrected chi connectivity index (χ2v) is 4.14. The van der Waals surface area contributed by atoms with Crippen LogP contribution in [0.1, 0.15) is 0 Å². The van der Waals surface area contributed by atoms with Gasteiger partial charge >= 0.3 is 41.7 Å². The first-order valence-corrected chi connectivity index (χ1v) is 5.36. The van der Waals surface area contributed by atoms with Crippen molar-refractivity contribution in [2.75, 3.05) is 6.61 Å². The molecule has 0 heterocycles. The Balaban J connectivity index is 5.18. The molecule has 0 aromatic carbocycles. The van der Waals surface area contributed by atoms with Crippen LogP contribution in [-0.2, 0) is 19.7 Å². The molecule has 3 nitrogen and oxygen atoms in total. The van der Waals surface area contributed by atoms with E-state index in [1.807, 2.05) is 0 Å². The van der Waals surface area contributed by atoms with Gasteiger partial charge in [0.2, 0.25) is 0 Å². The summed E-state index contributed by atoms with van der Waals surface area (Å²) < 4.78 is 160. The van der Waals surface area contributed by atoms with E-state index in [0.717, 1.165) is 0 Å². The summed E-state index contributed by atoms with van der Waals surface area (Å²) >= 11 is -4.39. The van der Waals surface area contributed by atoms with Gasteiger partial charge in [0.1, 0.15) is 0 Å². The summed E-state index contributed by atoms with van der Waals surface area (Å²) in [6, 6.07) is 0. The van der Waals surface area contributed by atoms with E-state index in [1.165, 1.54) is 0 Å². The highest BCUT2D eigenvalue weighted by atomic mass is 32.2. The Labute approximate surface area is 115 Å². The molecule has 0 aromatic heterocycles. The van der Waals surface area contributed by atoms with Crippen LogP contribution < -0.4 is 0 Å². The fourth-order valence-electron chi connectivity index (χ4n) is 0.638. The van der Waals surface area contributed by atoms with E-state index in [1.54, 1.807) is 0 Å². The maximum atomic E-state index is 12.6. The van der Waals surface area contributed by atoms with Gasteiger partial charge in [-0.1, -0.05) is 0 Å². The van der Waals surface area contributed by atoms with Crippen molar-refractivity contribution >= 4 is 11.4 Å². The zero-order valence-corrected chi connectivity index (χ0v) is 10.2. The summed E-state index contributed by atoms with van der Waals surface area (Å²) in [5, 5.41) is 0. The molecule has 0 amide bonds. The third-order valence-corrected chi connectivity index (χ3v) is 2.26. The summed E-state index contributed by atoms with van der Waals surface area (Å²) in [5.41, 5.74) is 0. The van der Waals surface area contributed by atoms with E-state index >= 15 is 0 Å². The summed E-state index contributed by atoms with van der Waals surface area (Å²) in [7, 11) is 0. The van der Waals surface area contributed by atoms with Crippen LogP contribution in [0.25, 0.3) is 0 Å². The van der Waals surface area contributed by atoms with Gasteiger partial charge < -0.3 is 0 Å². The molecule has 16 heteroatoms. The molecule has 134 valence electrons. The number of alkyl halides is 12. The Hall–Kier alpha value is -0.770. The smallest absolute Gasteiger partial charge is 0.259 e. The van der Waals surface area contributed by atoms with Crippen molar-refractivity contribution < 1.29 is 65.3 Å². The van der Waals surface area contributed by atoms with E-state index in [2.05, 4.69) is 8.37 Å². The van der Waals surface area contributed by atoms with Gasteiger partial charge in [0.05, 0.1) is 0 Å². The van der Waals surface area contributed by atoms with Crippen LogP contribution in [0, 0.1) is 0 Å². The van der Waals surface area contributed by atoms with Crippen LogP contribution in [0.3, 0.4) is 0 Å². The number of halogens is 12. The second kappa shape index (κ2) is 6.03. The SMILES string of the molecule is O=S(OCC(F)(F)F)OC(F)(F)C(F)(F)C(F)(F)C(F)(F)F. The Morgan fingerprint density at radius 1 is 0.727 bits per heavy atom. The first kappa shape index (κ1) is 21.2. The van der Waals surface area contributed by atoms with Gasteiger partial charge in [-0.15, -0.1) is 0 Å². The Morgan fingerprint density at radius 2 is 1.14 bits per heavy atom. The van der Waals surface area contributed by atoms with Crippen LogP contribution >= 0.6 is 0 Å². The molecule has 0 bridgehead atoms. The zero-order chi connectivity index (χ0) is 18.2. The predicted molar refractivity (Wildman–Crippen MR) is 42.1 cm³/mol. The van der Waals surface area contributed by atoms with Crippen LogP contribution in [0.5, 0.6) is 0 Å². The quantitative estimate of drug-likeness (QED) is 0.659. The second-order valence-electron chi connectivity index (χ2n) is 3.33. The van der Waals surface area contributed by atoms with Crippen molar-refractivity contribution in [1.82, 2.24) is 0 Å². The van der Waals surface area contributed by atoms with Crippen molar-refractivity contribution in [1.29, 1.82) is 0 Å². The highest BCUT2D eigenvalue weighted by Gasteiger charge is 2.83. The topological polar surface area (TPSA) is 35.5 Å². The summed E-state index contributed by atoms with van der Waals surface area (Å²) in [5.74, 6) is -14.6. The molecule has 0 radical (unpaired) electrons. The molecule has 22 heavy (non-hydrogen) atoms. The number of rotatable bonds is 6. The molecule has 0 aliphatic carbocycles. The van der Waals surface area contributed by atoms with Gasteiger partial charge in [-0.3, -0.25) is 4.18 Å². The summed E-state index contributed by atoms with van der Waals surface area (Å²) in [6.07, 6.45) is -19.2. The van der Waals surface area contributed by atoms with Gasteiger partial charge in [-0.25, -0.2) is 0 Å². The van der Waals surface area contributed by atoms with Crippen molar-refractivity contribution in [2.24, 2.45) is 0 Å². The normalized spacial score (nSPS) is 16.7. The first-order valence-electron chi connectivity index (χ1n) is 4.36. The third kappa shape index (κ3) is 4.61. The van der Waals surface area contributed by atoms with Gasteiger partial charge in [0.15, 0.2) is 6.61 Å². The average molecular weight is 382 g/mol. The molecule has 0 saturated carbocycles. The Morgan fingerprint density at radius 3 is 1.45 bits per heavy atom. The highest BCUT2D eigenvalue weighted by Crippen LogP contribution is 2.53. The van der Waals surface area contributed by atoms with Crippen molar-refractivity contribution in [3.8, 4) is 0 Å². The maximum Gasteiger partial charge on any atom is 0.460 e. The van der Waals surface area contributed by atoms with Crippen molar-refractivity contribution in [2.45, 2.75) is 30.3 Å². The predicted octanol–water partition coefficient (Wildman–Crippen LogP) is 3.59. The average Bonchev–Trinajstić information content (AvgIpc) is 2.22. The Kier molecular flexibility index (Phi) is 5.82. The summed E-state index contributed by atoms with van der Waals surface area (Å²) in [6.45, 7) is -2.59. The molecule has 0 aromatic rings. The fourth-order valence-corrected chi connectivity index (χ4v) is 1.19. The minimum absolute atomic E-state index is 2.27. The molecule has 0 rings (SSSR count). The van der Waals surface area contributed by atoms with Crippen LogP contribution in [0.4, 0.5) is 52.7 Å². The minimum atomic E-state index is -7.34. The lowest BCUT2D eigenvalue weighted by Gasteiger charge is -2.32. The Bertz CT molecular complexity index is 412. The third-order valence-electron chi connectivity index (χ3n) is 1.61. The number of hydrogen-bond donors (Lipinski definition) is 0. The van der Waals surface area contributed by atoms with E-state index in [0.29, 0.717) is 0 Å². The van der Waals surface area contributed by atoms with Crippen molar-refractivity contribution in [3.05, 3.63) is 0 Å². The molecule has 0 aliphatic heterocycles. The van der Waals surface area contributed by atoms with E-state index in [4.69, 9.17) is 0 Å². The lowest BCUT2D eigenvalue weighted by molar-refractivity contribution is -0.428.